The SMILES string of the molecule is CC#CC(=O)N1CCN2c3nc4c(Nc5ccc(Oc6ccn7ncnc7c6)c(C)c5)ncnc4cc3OC[C@@H]2C1. The minimum atomic E-state index is -0.160. The Morgan fingerprint density at radius 2 is 2.05 bits per heavy atom. The van der Waals surface area contributed by atoms with E-state index in [1.807, 2.05) is 49.5 Å². The van der Waals surface area contributed by atoms with Crippen LogP contribution in [0, 0.1) is 18.8 Å². The van der Waals surface area contributed by atoms with Crippen LogP contribution >= 0.6 is 0 Å². The number of nitrogens with one attached hydrogen (secondary N) is 1. The molecule has 0 bridgehead atoms. The molecule has 0 unspecified atom stereocenters. The topological polar surface area (TPSA) is 123 Å². The van der Waals surface area contributed by atoms with Gasteiger partial charge in [0, 0.05) is 43.7 Å². The van der Waals surface area contributed by atoms with Crippen molar-refractivity contribution in [1.29, 1.82) is 0 Å². The number of aryl methyl sites for hydroxylation is 1. The molecule has 4 aromatic heterocycles. The molecule has 12 nitrogen and oxygen atoms in total. The maximum atomic E-state index is 12.3. The molecule has 1 amide bonds. The van der Waals surface area contributed by atoms with Gasteiger partial charge in [-0.05, 0) is 49.6 Å². The van der Waals surface area contributed by atoms with Gasteiger partial charge in [-0.25, -0.2) is 24.5 Å². The van der Waals surface area contributed by atoms with Crippen LogP contribution in [0.5, 0.6) is 17.2 Å². The van der Waals surface area contributed by atoms with Crippen molar-refractivity contribution in [3.8, 4) is 29.1 Å². The Hall–Kier alpha value is -5.44. The summed E-state index contributed by atoms with van der Waals surface area (Å²) in [4.78, 5) is 34.4. The molecular formula is C29H25N9O3. The van der Waals surface area contributed by atoms with Crippen LogP contribution in [0.2, 0.25) is 0 Å². The molecule has 2 aliphatic rings. The molecule has 1 saturated heterocycles. The van der Waals surface area contributed by atoms with Crippen molar-refractivity contribution >= 4 is 39.9 Å². The lowest BCUT2D eigenvalue weighted by Crippen LogP contribution is -2.58. The fourth-order valence-corrected chi connectivity index (χ4v) is 5.16. The number of amides is 1. The van der Waals surface area contributed by atoms with Crippen LogP contribution in [0.1, 0.15) is 12.5 Å². The first kappa shape index (κ1) is 24.6. The molecule has 0 spiro atoms. The van der Waals surface area contributed by atoms with Gasteiger partial charge in [0.2, 0.25) is 0 Å². The largest absolute Gasteiger partial charge is 0.487 e. The van der Waals surface area contributed by atoms with Gasteiger partial charge in [0.15, 0.2) is 23.0 Å². The molecule has 5 aromatic rings. The van der Waals surface area contributed by atoms with Crippen molar-refractivity contribution < 1.29 is 14.3 Å². The lowest BCUT2D eigenvalue weighted by Gasteiger charge is -2.44. The molecule has 0 aliphatic carbocycles. The van der Waals surface area contributed by atoms with Crippen molar-refractivity contribution in [2.24, 2.45) is 0 Å². The first-order valence-corrected chi connectivity index (χ1v) is 13.2. The number of fused-ring (bicyclic) bond motifs is 5. The zero-order chi connectivity index (χ0) is 27.9. The monoisotopic (exact) mass is 547 g/mol. The van der Waals surface area contributed by atoms with E-state index in [1.165, 1.54) is 12.7 Å². The number of aromatic nitrogens is 6. The van der Waals surface area contributed by atoms with E-state index in [0.717, 1.165) is 22.8 Å². The molecule has 12 heteroatoms. The Bertz CT molecular complexity index is 1880. The summed E-state index contributed by atoms with van der Waals surface area (Å²) in [5, 5.41) is 7.51. The summed E-state index contributed by atoms with van der Waals surface area (Å²) in [5.41, 5.74) is 3.79. The number of hydrogen-bond donors (Lipinski definition) is 1. The fraction of sp³-hybridized carbons (Fsp3) is 0.241. The molecule has 6 heterocycles. The smallest absolute Gasteiger partial charge is 0.298 e. The molecular weight excluding hydrogens is 522 g/mol. The van der Waals surface area contributed by atoms with Crippen molar-refractivity contribution in [2.45, 2.75) is 19.9 Å². The molecule has 1 aromatic carbocycles. The van der Waals surface area contributed by atoms with Gasteiger partial charge in [-0.15, -0.1) is 0 Å². The molecule has 41 heavy (non-hydrogen) atoms. The average molecular weight is 548 g/mol. The van der Waals surface area contributed by atoms with E-state index >= 15 is 0 Å². The van der Waals surface area contributed by atoms with Crippen molar-refractivity contribution in [1.82, 2.24) is 34.4 Å². The summed E-state index contributed by atoms with van der Waals surface area (Å²) in [6.45, 7) is 5.85. The molecule has 0 saturated carbocycles. The second-order valence-corrected chi connectivity index (χ2v) is 9.82. The van der Waals surface area contributed by atoms with Gasteiger partial charge in [-0.2, -0.15) is 5.10 Å². The van der Waals surface area contributed by atoms with E-state index in [-0.39, 0.29) is 11.9 Å². The second kappa shape index (κ2) is 9.95. The van der Waals surface area contributed by atoms with Crippen LogP contribution in [0.25, 0.3) is 16.7 Å². The van der Waals surface area contributed by atoms with Crippen molar-refractivity contribution in [3.05, 3.63) is 60.8 Å². The highest BCUT2D eigenvalue weighted by atomic mass is 16.5. The Morgan fingerprint density at radius 3 is 2.93 bits per heavy atom. The Balaban J connectivity index is 1.14. The number of ether oxygens (including phenoxy) is 2. The predicted octanol–water partition coefficient (Wildman–Crippen LogP) is 3.34. The number of carbonyl (C=O) groups is 1. The van der Waals surface area contributed by atoms with Gasteiger partial charge in [0.05, 0.1) is 11.6 Å². The Morgan fingerprint density at radius 1 is 1.12 bits per heavy atom. The standard InChI is InChI=1S/C29H25N9O3/c1-3-4-26(39)36-9-10-37-20(14-36)15-40-24-13-22-27(35-29(24)37)28(32-16-30-22)34-19-5-6-23(18(2)11-19)41-21-7-8-38-25(12-21)31-17-33-38/h5-8,11-13,16-17,20H,9-10,14-15H2,1-2H3,(H,30,32,34)/t20-/m0/s1. The van der Waals surface area contributed by atoms with E-state index in [2.05, 4.69) is 42.1 Å². The molecule has 1 fully saturated rings. The third kappa shape index (κ3) is 4.57. The quantitative estimate of drug-likeness (QED) is 0.335. The minimum absolute atomic E-state index is 0.00879. The van der Waals surface area contributed by atoms with Crippen LogP contribution in [0.4, 0.5) is 17.3 Å². The van der Waals surface area contributed by atoms with Crippen LogP contribution in [-0.4, -0.2) is 72.6 Å². The number of hydrogen-bond acceptors (Lipinski definition) is 10. The highest BCUT2D eigenvalue weighted by Gasteiger charge is 2.35. The number of carbonyl (C=O) groups excluding carboxylic acids is 1. The minimum Gasteiger partial charge on any atom is -0.487 e. The molecule has 1 N–H and O–H groups in total. The van der Waals surface area contributed by atoms with Crippen LogP contribution in [0.15, 0.2) is 55.2 Å². The fourth-order valence-electron chi connectivity index (χ4n) is 5.16. The normalized spacial score (nSPS) is 15.9. The molecule has 0 radical (unpaired) electrons. The first-order chi connectivity index (χ1) is 20.1. The van der Waals surface area contributed by atoms with Crippen LogP contribution < -0.4 is 19.7 Å². The van der Waals surface area contributed by atoms with Gasteiger partial charge in [0.25, 0.3) is 5.91 Å². The lowest BCUT2D eigenvalue weighted by atomic mass is 10.1. The maximum Gasteiger partial charge on any atom is 0.298 e. The van der Waals surface area contributed by atoms with Crippen LogP contribution in [-0.2, 0) is 4.79 Å². The third-order valence-corrected chi connectivity index (χ3v) is 7.18. The second-order valence-electron chi connectivity index (χ2n) is 9.82. The molecule has 204 valence electrons. The predicted molar refractivity (Wildman–Crippen MR) is 152 cm³/mol. The van der Waals surface area contributed by atoms with Crippen molar-refractivity contribution in [2.75, 3.05) is 36.5 Å². The van der Waals surface area contributed by atoms with E-state index in [9.17, 15) is 4.79 Å². The number of rotatable bonds is 4. The number of piperazine rings is 1. The van der Waals surface area contributed by atoms with Gasteiger partial charge in [0.1, 0.15) is 36.3 Å². The lowest BCUT2D eigenvalue weighted by molar-refractivity contribution is -0.126. The summed E-state index contributed by atoms with van der Waals surface area (Å²) in [6.07, 6.45) is 4.82. The summed E-state index contributed by atoms with van der Waals surface area (Å²) >= 11 is 0. The van der Waals surface area contributed by atoms with Crippen LogP contribution in [0.3, 0.4) is 0 Å². The summed E-state index contributed by atoms with van der Waals surface area (Å²) in [6, 6.07) is 11.4. The Kier molecular flexibility index (Phi) is 5.96. The van der Waals surface area contributed by atoms with E-state index in [1.54, 1.807) is 16.3 Å². The third-order valence-electron chi connectivity index (χ3n) is 7.18. The van der Waals surface area contributed by atoms with Gasteiger partial charge in [-0.1, -0.05) is 5.92 Å². The molecule has 1 atom stereocenters. The summed E-state index contributed by atoms with van der Waals surface area (Å²) in [5.74, 6) is 8.55. The molecule has 2 aliphatic heterocycles. The first-order valence-electron chi connectivity index (χ1n) is 13.2. The van der Waals surface area contributed by atoms with E-state index in [0.29, 0.717) is 60.2 Å². The van der Waals surface area contributed by atoms with Gasteiger partial charge >= 0.3 is 0 Å². The van der Waals surface area contributed by atoms with E-state index in [4.69, 9.17) is 14.5 Å². The zero-order valence-electron chi connectivity index (χ0n) is 22.4. The average Bonchev–Trinajstić information content (AvgIpc) is 3.46. The van der Waals surface area contributed by atoms with Gasteiger partial charge < -0.3 is 24.6 Å². The van der Waals surface area contributed by atoms with Gasteiger partial charge in [-0.3, -0.25) is 4.79 Å². The highest BCUT2D eigenvalue weighted by Crippen LogP contribution is 2.37. The van der Waals surface area contributed by atoms with Crippen molar-refractivity contribution in [3.63, 3.8) is 0 Å². The number of nitrogens with zero attached hydrogens (tertiary/aromatic N) is 8. The zero-order valence-corrected chi connectivity index (χ0v) is 22.4. The summed E-state index contributed by atoms with van der Waals surface area (Å²) < 4.78 is 13.9. The molecule has 7 rings (SSSR count). The number of anilines is 3. The summed E-state index contributed by atoms with van der Waals surface area (Å²) in [7, 11) is 0. The van der Waals surface area contributed by atoms with E-state index < -0.39 is 0 Å². The number of pyridine rings is 2. The Labute approximate surface area is 235 Å². The highest BCUT2D eigenvalue weighted by molar-refractivity contribution is 5.94. The number of benzene rings is 1. The maximum absolute atomic E-state index is 12.3.